The van der Waals surface area contributed by atoms with Crippen molar-refractivity contribution in [1.82, 2.24) is 15.1 Å². The number of nitrogens with one attached hydrogen (secondary N) is 1. The summed E-state index contributed by atoms with van der Waals surface area (Å²) in [6.45, 7) is 1.32. The highest BCUT2D eigenvalue weighted by Crippen LogP contribution is 2.30. The molecule has 3 rings (SSSR count). The van der Waals surface area contributed by atoms with Crippen LogP contribution >= 0.6 is 0 Å². The zero-order valence-corrected chi connectivity index (χ0v) is 12.6. The Morgan fingerprint density at radius 3 is 3.00 bits per heavy atom. The van der Waals surface area contributed by atoms with Crippen LogP contribution in [0.1, 0.15) is 12.8 Å². The van der Waals surface area contributed by atoms with Crippen molar-refractivity contribution in [1.29, 1.82) is 0 Å². The van der Waals surface area contributed by atoms with E-state index in [-0.39, 0.29) is 11.7 Å². The van der Waals surface area contributed by atoms with E-state index in [1.165, 1.54) is 12.1 Å². The molecule has 1 unspecified atom stereocenters. The predicted molar refractivity (Wildman–Crippen MR) is 83.8 cm³/mol. The summed E-state index contributed by atoms with van der Waals surface area (Å²) in [7, 11) is 1.74. The van der Waals surface area contributed by atoms with Gasteiger partial charge in [-0.15, -0.1) is 0 Å². The number of rotatable bonds is 3. The molecule has 0 spiro atoms. The Morgan fingerprint density at radius 1 is 1.52 bits per heavy atom. The van der Waals surface area contributed by atoms with Crippen molar-refractivity contribution in [2.75, 3.05) is 18.0 Å². The Kier molecular flexibility index (Phi) is 3.77. The number of aryl methyl sites for hydroxylation is 1. The van der Waals surface area contributed by atoms with E-state index in [1.54, 1.807) is 17.8 Å². The third-order valence-electron chi connectivity index (χ3n) is 4.07. The molecule has 2 N–H and O–H groups in total. The van der Waals surface area contributed by atoms with Gasteiger partial charge in [0.1, 0.15) is 0 Å². The molecular weight excluding hydrogens is 302 g/mol. The lowest BCUT2D eigenvalue weighted by Crippen LogP contribution is -2.47. The van der Waals surface area contributed by atoms with Crippen LogP contribution in [-0.2, 0) is 7.05 Å². The first-order chi connectivity index (χ1) is 11.0. The fourth-order valence-electron chi connectivity index (χ4n) is 3.04. The highest BCUT2D eigenvalue weighted by atomic mass is 16.6. The fraction of sp³-hybridized carbons (Fsp3) is 0.429. The van der Waals surface area contributed by atoms with Crippen molar-refractivity contribution >= 4 is 28.5 Å². The smallest absolute Gasteiger partial charge is 0.404 e. The monoisotopic (exact) mass is 319 g/mol. The molecule has 23 heavy (non-hydrogen) atoms. The van der Waals surface area contributed by atoms with Crippen molar-refractivity contribution in [2.24, 2.45) is 7.05 Å². The van der Waals surface area contributed by atoms with E-state index in [0.717, 1.165) is 30.6 Å². The van der Waals surface area contributed by atoms with Gasteiger partial charge in [0, 0.05) is 43.7 Å². The average molecular weight is 319 g/mol. The number of carbonyl (C=O) groups is 1. The molecule has 9 nitrogen and oxygen atoms in total. The SMILES string of the molecule is Cn1nc(N2CCCC(NC(=O)O)C2)c2ccc([N+](=O)[O-])cc21. The van der Waals surface area contributed by atoms with Crippen LogP contribution < -0.4 is 10.2 Å². The lowest BCUT2D eigenvalue weighted by molar-refractivity contribution is -0.384. The first-order valence-corrected chi connectivity index (χ1v) is 7.31. The molecule has 122 valence electrons. The summed E-state index contributed by atoms with van der Waals surface area (Å²) in [5.74, 6) is 0.731. The fourth-order valence-corrected chi connectivity index (χ4v) is 3.04. The van der Waals surface area contributed by atoms with Crippen molar-refractivity contribution in [3.05, 3.63) is 28.3 Å². The topological polar surface area (TPSA) is 114 Å². The van der Waals surface area contributed by atoms with Crippen molar-refractivity contribution in [3.8, 4) is 0 Å². The molecule has 2 aromatic rings. The highest BCUT2D eigenvalue weighted by Gasteiger charge is 2.25. The largest absolute Gasteiger partial charge is 0.465 e. The summed E-state index contributed by atoms with van der Waals surface area (Å²) in [5, 5.41) is 27.6. The number of nitro benzene ring substituents is 1. The lowest BCUT2D eigenvalue weighted by atomic mass is 10.1. The Balaban J connectivity index is 1.93. The van der Waals surface area contributed by atoms with Crippen molar-refractivity contribution < 1.29 is 14.8 Å². The van der Waals surface area contributed by atoms with Gasteiger partial charge in [0.15, 0.2) is 5.82 Å². The summed E-state index contributed by atoms with van der Waals surface area (Å²) in [4.78, 5) is 23.3. The summed E-state index contributed by atoms with van der Waals surface area (Å²) in [5.41, 5.74) is 0.707. The van der Waals surface area contributed by atoms with Gasteiger partial charge in [0.25, 0.3) is 5.69 Å². The van der Waals surface area contributed by atoms with Crippen LogP contribution in [0.3, 0.4) is 0 Å². The Labute approximate surface area is 131 Å². The van der Waals surface area contributed by atoms with Gasteiger partial charge in [0.2, 0.25) is 0 Å². The van der Waals surface area contributed by atoms with E-state index in [4.69, 9.17) is 5.11 Å². The van der Waals surface area contributed by atoms with Crippen molar-refractivity contribution in [3.63, 3.8) is 0 Å². The minimum atomic E-state index is -1.03. The lowest BCUT2D eigenvalue weighted by Gasteiger charge is -2.32. The van der Waals surface area contributed by atoms with E-state index in [2.05, 4.69) is 10.4 Å². The van der Waals surface area contributed by atoms with Gasteiger partial charge in [-0.3, -0.25) is 14.8 Å². The molecule has 1 aliphatic heterocycles. The number of amides is 1. The van der Waals surface area contributed by atoms with Crippen LogP contribution in [0, 0.1) is 10.1 Å². The molecule has 0 saturated carbocycles. The zero-order valence-electron chi connectivity index (χ0n) is 12.6. The molecule has 9 heteroatoms. The number of aromatic nitrogens is 2. The second-order valence-corrected chi connectivity index (χ2v) is 5.64. The number of piperidine rings is 1. The molecule has 1 aliphatic rings. The Morgan fingerprint density at radius 2 is 2.30 bits per heavy atom. The summed E-state index contributed by atoms with van der Waals surface area (Å²) in [6.07, 6.45) is 0.619. The molecule has 0 radical (unpaired) electrons. The number of benzene rings is 1. The van der Waals surface area contributed by atoms with Gasteiger partial charge in [-0.25, -0.2) is 4.79 Å². The molecular formula is C14H17N5O4. The number of fused-ring (bicyclic) bond motifs is 1. The van der Waals surface area contributed by atoms with E-state index in [1.807, 2.05) is 4.90 Å². The maximum atomic E-state index is 10.9. The molecule has 1 fully saturated rings. The molecule has 1 saturated heterocycles. The standard InChI is InChI=1S/C14H17N5O4/c1-17-12-7-10(19(22)23)4-5-11(12)13(16-17)18-6-2-3-9(8-18)15-14(20)21/h4-5,7,9,15H,2-3,6,8H2,1H3,(H,20,21). The Bertz CT molecular complexity index is 772. The van der Waals surface area contributed by atoms with Gasteiger partial charge in [-0.2, -0.15) is 5.10 Å². The van der Waals surface area contributed by atoms with E-state index < -0.39 is 11.0 Å². The molecule has 0 aliphatic carbocycles. The van der Waals surface area contributed by atoms with Gasteiger partial charge in [-0.05, 0) is 18.9 Å². The molecule has 0 bridgehead atoms. The molecule has 1 aromatic carbocycles. The number of nitrogens with zero attached hydrogens (tertiary/aromatic N) is 4. The normalized spacial score (nSPS) is 18.1. The molecule has 2 heterocycles. The summed E-state index contributed by atoms with van der Waals surface area (Å²) in [6, 6.07) is 4.52. The zero-order chi connectivity index (χ0) is 16.6. The third-order valence-corrected chi connectivity index (χ3v) is 4.07. The molecule has 1 atom stereocenters. The van der Waals surface area contributed by atoms with Crippen molar-refractivity contribution in [2.45, 2.75) is 18.9 Å². The molecule has 1 aromatic heterocycles. The third kappa shape index (κ3) is 2.89. The van der Waals surface area contributed by atoms with E-state index >= 15 is 0 Å². The maximum Gasteiger partial charge on any atom is 0.404 e. The number of carboxylic acid groups (broad SMARTS) is 1. The van der Waals surface area contributed by atoms with Gasteiger partial charge >= 0.3 is 6.09 Å². The summed E-state index contributed by atoms with van der Waals surface area (Å²) < 4.78 is 1.62. The van der Waals surface area contributed by atoms with Gasteiger partial charge < -0.3 is 15.3 Å². The quantitative estimate of drug-likeness (QED) is 0.657. The first kappa shape index (κ1) is 15.1. The van der Waals surface area contributed by atoms with Crippen LogP contribution in [-0.4, -0.2) is 45.0 Å². The minimum Gasteiger partial charge on any atom is -0.465 e. The second-order valence-electron chi connectivity index (χ2n) is 5.64. The summed E-state index contributed by atoms with van der Waals surface area (Å²) >= 11 is 0. The number of hydrogen-bond donors (Lipinski definition) is 2. The average Bonchev–Trinajstić information content (AvgIpc) is 2.83. The van der Waals surface area contributed by atoms with Crippen LogP contribution in [0.25, 0.3) is 10.9 Å². The molecule has 1 amide bonds. The Hall–Kier alpha value is -2.84. The van der Waals surface area contributed by atoms with Crippen LogP contribution in [0.15, 0.2) is 18.2 Å². The van der Waals surface area contributed by atoms with Crippen LogP contribution in [0.5, 0.6) is 0 Å². The van der Waals surface area contributed by atoms with Crippen LogP contribution in [0.4, 0.5) is 16.3 Å². The maximum absolute atomic E-state index is 10.9. The minimum absolute atomic E-state index is 0.0242. The number of hydrogen-bond acceptors (Lipinski definition) is 5. The predicted octanol–water partition coefficient (Wildman–Crippen LogP) is 1.72. The van der Waals surface area contributed by atoms with Crippen LogP contribution in [0.2, 0.25) is 0 Å². The number of nitro groups is 1. The van der Waals surface area contributed by atoms with Gasteiger partial charge in [-0.1, -0.05) is 0 Å². The number of non-ortho nitro benzene ring substituents is 1. The second kappa shape index (κ2) is 5.75. The highest BCUT2D eigenvalue weighted by molar-refractivity contribution is 5.92. The first-order valence-electron chi connectivity index (χ1n) is 7.31. The van der Waals surface area contributed by atoms with Gasteiger partial charge in [0.05, 0.1) is 10.4 Å². The van der Waals surface area contributed by atoms with E-state index in [9.17, 15) is 14.9 Å². The van der Waals surface area contributed by atoms with E-state index in [0.29, 0.717) is 12.1 Å². The number of anilines is 1.